The summed E-state index contributed by atoms with van der Waals surface area (Å²) in [5.74, 6) is -2.32. The second-order valence-corrected chi connectivity index (χ2v) is 6.69. The molecule has 1 atom stereocenters. The third-order valence-corrected chi connectivity index (χ3v) is 4.55. The Kier molecular flexibility index (Phi) is 5.24. The van der Waals surface area contributed by atoms with Gasteiger partial charge in [0, 0.05) is 0 Å². The number of hydrogen-bond donors (Lipinski definition) is 2. The van der Waals surface area contributed by atoms with Crippen molar-refractivity contribution in [2.24, 2.45) is 4.99 Å². The Bertz CT molecular complexity index is 1000. The third-order valence-electron chi connectivity index (χ3n) is 3.59. The maximum atomic E-state index is 14.0. The fraction of sp³-hybridized carbons (Fsp3) is 0.118. The number of rotatable bonds is 1. The number of urea groups is 1. The molecule has 0 radical (unpaired) electrons. The van der Waals surface area contributed by atoms with Crippen LogP contribution in [-0.2, 0) is 0 Å². The summed E-state index contributed by atoms with van der Waals surface area (Å²) in [6.07, 6.45) is 0.00321. The van der Waals surface area contributed by atoms with Crippen molar-refractivity contribution >= 4 is 28.6 Å². The van der Waals surface area contributed by atoms with Gasteiger partial charge in [0.05, 0.1) is 22.2 Å². The van der Waals surface area contributed by atoms with Gasteiger partial charge in [0.1, 0.15) is 17.4 Å². The van der Waals surface area contributed by atoms with Crippen LogP contribution in [0.1, 0.15) is 5.56 Å². The van der Waals surface area contributed by atoms with E-state index >= 15 is 0 Å². The van der Waals surface area contributed by atoms with Crippen molar-refractivity contribution in [3.63, 3.8) is 0 Å². The lowest BCUT2D eigenvalue weighted by Crippen LogP contribution is -2.34. The molecule has 28 heavy (non-hydrogen) atoms. The van der Waals surface area contributed by atoms with Crippen molar-refractivity contribution in [3.05, 3.63) is 64.9 Å². The van der Waals surface area contributed by atoms with Gasteiger partial charge in [0.15, 0.2) is 11.0 Å². The summed E-state index contributed by atoms with van der Waals surface area (Å²) in [5.41, 5.74) is -1.91. The molecule has 2 aliphatic rings. The van der Waals surface area contributed by atoms with E-state index in [9.17, 15) is 26.7 Å². The molecule has 2 N–H and O–H groups in total. The van der Waals surface area contributed by atoms with E-state index in [2.05, 4.69) is 15.6 Å². The van der Waals surface area contributed by atoms with Crippen LogP contribution in [0.4, 0.5) is 32.4 Å². The Balaban J connectivity index is 1.73. The van der Waals surface area contributed by atoms with Crippen molar-refractivity contribution in [1.29, 1.82) is 5.26 Å². The van der Waals surface area contributed by atoms with Gasteiger partial charge in [-0.05, 0) is 30.4 Å². The topological polar surface area (TPSA) is 77.3 Å². The first-order valence-corrected chi connectivity index (χ1v) is 8.45. The number of anilines is 1. The number of thioether (sulfide) groups is 1. The number of benzene rings is 1. The van der Waals surface area contributed by atoms with Gasteiger partial charge in [-0.15, -0.1) is 0 Å². The van der Waals surface area contributed by atoms with Crippen molar-refractivity contribution < 1.29 is 26.7 Å². The van der Waals surface area contributed by atoms with Gasteiger partial charge >= 0.3 is 12.2 Å². The van der Waals surface area contributed by atoms with Crippen LogP contribution in [0.3, 0.4) is 0 Å². The van der Waals surface area contributed by atoms with Crippen LogP contribution >= 0.6 is 11.8 Å². The van der Waals surface area contributed by atoms with Crippen molar-refractivity contribution in [3.8, 4) is 6.07 Å². The van der Waals surface area contributed by atoms with E-state index in [1.807, 2.05) is 0 Å². The molecule has 1 heterocycles. The number of carbonyl (C=O) groups excluding carboxylic acids is 1. The smallest absolute Gasteiger partial charge is 0.305 e. The molecule has 0 spiro atoms. The zero-order chi connectivity index (χ0) is 20.5. The first-order valence-electron chi connectivity index (χ1n) is 7.58. The first-order chi connectivity index (χ1) is 13.2. The molecular weight excluding hydrogens is 403 g/mol. The predicted molar refractivity (Wildman–Crippen MR) is 93.4 cm³/mol. The van der Waals surface area contributed by atoms with Gasteiger partial charge in [-0.3, -0.25) is 5.32 Å². The Morgan fingerprint density at radius 2 is 1.93 bits per heavy atom. The van der Waals surface area contributed by atoms with Crippen LogP contribution in [-0.4, -0.2) is 22.6 Å². The van der Waals surface area contributed by atoms with Gasteiger partial charge in [0.25, 0.3) is 0 Å². The third kappa shape index (κ3) is 4.23. The minimum atomic E-state index is -4.52. The van der Waals surface area contributed by atoms with Crippen LogP contribution in [0.25, 0.3) is 0 Å². The maximum Gasteiger partial charge on any atom is 0.416 e. The molecule has 3 rings (SSSR count). The zero-order valence-electron chi connectivity index (χ0n) is 13.6. The highest BCUT2D eigenvalue weighted by atomic mass is 32.2. The Morgan fingerprint density at radius 1 is 1.18 bits per heavy atom. The molecule has 11 heteroatoms. The summed E-state index contributed by atoms with van der Waals surface area (Å²) in [4.78, 5) is 16.1. The largest absolute Gasteiger partial charge is 0.416 e. The van der Waals surface area contributed by atoms with Crippen LogP contribution in [0.5, 0.6) is 0 Å². The molecule has 1 aromatic rings. The minimum Gasteiger partial charge on any atom is -0.305 e. The fourth-order valence-corrected chi connectivity index (χ4v) is 3.33. The molecule has 0 aromatic heterocycles. The number of fused-ring (bicyclic) bond motifs is 1. The normalized spacial score (nSPS) is 18.3. The molecule has 0 saturated carbocycles. The SMILES string of the molecule is N#Cc1c(F)ccc(NC(=O)NC2=NC3=CC(C=C(C(F)(F)F)C=C3)S2)c1F. The number of hydrogen-bond acceptors (Lipinski definition) is 4. The number of alkyl halides is 3. The van der Waals surface area contributed by atoms with Crippen LogP contribution < -0.4 is 10.6 Å². The Labute approximate surface area is 159 Å². The highest BCUT2D eigenvalue weighted by molar-refractivity contribution is 8.14. The van der Waals surface area contributed by atoms with Crippen LogP contribution in [0.15, 0.2) is 52.7 Å². The Morgan fingerprint density at radius 3 is 2.61 bits per heavy atom. The average Bonchev–Trinajstić information content (AvgIpc) is 2.75. The van der Waals surface area contributed by atoms with Crippen molar-refractivity contribution in [2.75, 3.05) is 5.32 Å². The molecule has 0 fully saturated rings. The van der Waals surface area contributed by atoms with Crippen molar-refractivity contribution in [1.82, 2.24) is 5.32 Å². The second kappa shape index (κ2) is 7.47. The highest BCUT2D eigenvalue weighted by Crippen LogP contribution is 2.34. The molecule has 1 unspecified atom stereocenters. The van der Waals surface area contributed by atoms with Gasteiger partial charge in [-0.2, -0.15) is 18.4 Å². The van der Waals surface area contributed by atoms with Gasteiger partial charge < -0.3 is 5.32 Å². The predicted octanol–water partition coefficient (Wildman–Crippen LogP) is 4.37. The van der Waals surface area contributed by atoms with Crippen LogP contribution in [0, 0.1) is 23.0 Å². The molecule has 1 aliphatic carbocycles. The summed E-state index contributed by atoms with van der Waals surface area (Å²) in [7, 11) is 0. The summed E-state index contributed by atoms with van der Waals surface area (Å²) >= 11 is 0.852. The number of nitriles is 1. The Hall–Kier alpha value is -3.13. The number of halogens is 5. The minimum absolute atomic E-state index is 0.00708. The molecule has 5 nitrogen and oxygen atoms in total. The zero-order valence-corrected chi connectivity index (χ0v) is 14.5. The molecule has 1 aromatic carbocycles. The number of nitrogens with zero attached hydrogens (tertiary/aromatic N) is 2. The van der Waals surface area contributed by atoms with E-state index < -0.39 is 45.9 Å². The van der Waals surface area contributed by atoms with Gasteiger partial charge in [-0.25, -0.2) is 18.6 Å². The van der Waals surface area contributed by atoms with E-state index in [0.29, 0.717) is 0 Å². The van der Waals surface area contributed by atoms with Gasteiger partial charge in [0.2, 0.25) is 0 Å². The molecule has 2 amide bonds. The molecule has 144 valence electrons. The van der Waals surface area contributed by atoms with E-state index in [-0.39, 0.29) is 10.9 Å². The van der Waals surface area contributed by atoms with E-state index in [1.54, 1.807) is 0 Å². The monoisotopic (exact) mass is 412 g/mol. The quantitative estimate of drug-likeness (QED) is 0.673. The fourth-order valence-electron chi connectivity index (χ4n) is 2.34. The number of amides is 2. The van der Waals surface area contributed by atoms with Crippen molar-refractivity contribution in [2.45, 2.75) is 11.4 Å². The number of allylic oxidation sites excluding steroid dienone is 3. The number of amidine groups is 1. The van der Waals surface area contributed by atoms with Crippen LogP contribution in [0.2, 0.25) is 0 Å². The molecule has 1 aliphatic heterocycles. The summed E-state index contributed by atoms with van der Waals surface area (Å²) in [5, 5.41) is 12.4. The molecular formula is C17H9F5N4OS. The maximum absolute atomic E-state index is 14.0. The lowest BCUT2D eigenvalue weighted by molar-refractivity contribution is -0.0883. The second-order valence-electron chi connectivity index (χ2n) is 5.52. The summed E-state index contributed by atoms with van der Waals surface area (Å²) in [6, 6.07) is 2.14. The number of carbonyl (C=O) groups is 1. The number of aliphatic imine (C=N–C) groups is 1. The summed E-state index contributed by atoms with van der Waals surface area (Å²) < 4.78 is 66.0. The molecule has 2 bridgehead atoms. The van der Waals surface area contributed by atoms with E-state index in [1.165, 1.54) is 12.1 Å². The standard InChI is InChI=1S/C17H9F5N4OS/c18-12-3-4-13(14(19)11(12)7-23)25-15(27)26-16-24-9-2-1-8(17(20,21)22)5-10(6-9)28-16/h1-6,10H,(H2,24,25,26,27). The first kappa shape index (κ1) is 19.6. The lowest BCUT2D eigenvalue weighted by atomic mass is 10.2. The highest BCUT2D eigenvalue weighted by Gasteiger charge is 2.34. The number of nitrogens with one attached hydrogen (secondary N) is 2. The summed E-state index contributed by atoms with van der Waals surface area (Å²) in [6.45, 7) is 0. The van der Waals surface area contributed by atoms with E-state index in [0.717, 1.165) is 42.1 Å². The average molecular weight is 412 g/mol. The lowest BCUT2D eigenvalue weighted by Gasteiger charge is -2.17. The van der Waals surface area contributed by atoms with Gasteiger partial charge in [-0.1, -0.05) is 17.8 Å². The molecule has 0 saturated heterocycles. The van der Waals surface area contributed by atoms with E-state index in [4.69, 9.17) is 5.26 Å².